The summed E-state index contributed by atoms with van der Waals surface area (Å²) in [5, 5.41) is 14.2. The summed E-state index contributed by atoms with van der Waals surface area (Å²) in [6, 6.07) is 4.67. The zero-order chi connectivity index (χ0) is 15.6. The minimum atomic E-state index is -0.536. The van der Waals surface area contributed by atoms with Crippen molar-refractivity contribution in [2.24, 2.45) is 0 Å². The van der Waals surface area contributed by atoms with Gasteiger partial charge in [-0.25, -0.2) is 4.98 Å². The van der Waals surface area contributed by atoms with Crippen LogP contribution in [0.25, 0.3) is 0 Å². The van der Waals surface area contributed by atoms with Gasteiger partial charge in [0, 0.05) is 16.6 Å². The molecule has 0 aliphatic heterocycles. The van der Waals surface area contributed by atoms with Gasteiger partial charge in [0.1, 0.15) is 5.56 Å². The van der Waals surface area contributed by atoms with Crippen LogP contribution in [-0.4, -0.2) is 15.8 Å². The second kappa shape index (κ2) is 6.01. The normalized spacial score (nSPS) is 10.7. The number of hydrogen-bond donors (Lipinski definition) is 1. The van der Waals surface area contributed by atoms with E-state index in [1.807, 2.05) is 13.8 Å². The Bertz CT molecular complexity index is 695. The van der Waals surface area contributed by atoms with Crippen LogP contribution < -0.4 is 5.32 Å². The molecule has 1 aromatic heterocycles. The Hall–Kier alpha value is -2.28. The van der Waals surface area contributed by atoms with Crippen molar-refractivity contribution < 1.29 is 9.72 Å². The van der Waals surface area contributed by atoms with Crippen LogP contribution >= 0.6 is 11.3 Å². The number of hydrogen-bond acceptors (Lipinski definition) is 5. The second-order valence-electron chi connectivity index (χ2n) is 4.90. The van der Waals surface area contributed by atoms with Gasteiger partial charge in [0.15, 0.2) is 5.13 Å². The zero-order valence-corrected chi connectivity index (χ0v) is 12.7. The molecule has 1 amide bonds. The van der Waals surface area contributed by atoms with Gasteiger partial charge in [-0.3, -0.25) is 20.2 Å². The van der Waals surface area contributed by atoms with E-state index in [4.69, 9.17) is 0 Å². The van der Waals surface area contributed by atoms with Crippen molar-refractivity contribution in [3.63, 3.8) is 0 Å². The Morgan fingerprint density at radius 1 is 1.43 bits per heavy atom. The zero-order valence-electron chi connectivity index (χ0n) is 11.9. The summed E-state index contributed by atoms with van der Waals surface area (Å²) in [5.41, 5.74) is 0.326. The molecule has 110 valence electrons. The van der Waals surface area contributed by atoms with Gasteiger partial charge in [-0.05, 0) is 18.9 Å². The summed E-state index contributed by atoms with van der Waals surface area (Å²) in [6.07, 6.45) is 1.70. The number of nitrogens with one attached hydrogen (secondary N) is 1. The molecule has 0 bridgehead atoms. The van der Waals surface area contributed by atoms with E-state index < -0.39 is 10.8 Å². The number of nitro groups is 1. The Kier molecular flexibility index (Phi) is 4.32. The number of anilines is 1. The molecule has 7 heteroatoms. The number of aromatic nitrogens is 1. The van der Waals surface area contributed by atoms with Crippen molar-refractivity contribution in [1.82, 2.24) is 4.98 Å². The van der Waals surface area contributed by atoms with Gasteiger partial charge in [-0.1, -0.05) is 26.0 Å². The van der Waals surface area contributed by atoms with Crippen molar-refractivity contribution in [3.05, 3.63) is 50.5 Å². The lowest BCUT2D eigenvalue weighted by Crippen LogP contribution is -2.14. The molecule has 2 rings (SSSR count). The van der Waals surface area contributed by atoms with E-state index in [-0.39, 0.29) is 11.3 Å². The Morgan fingerprint density at radius 3 is 2.71 bits per heavy atom. The minimum Gasteiger partial charge on any atom is -0.298 e. The third-order valence-corrected chi connectivity index (χ3v) is 4.19. The van der Waals surface area contributed by atoms with Crippen molar-refractivity contribution in [3.8, 4) is 0 Å². The summed E-state index contributed by atoms with van der Waals surface area (Å²) in [5.74, 6) is -0.198. The van der Waals surface area contributed by atoms with Crippen LogP contribution in [0.5, 0.6) is 0 Å². The van der Waals surface area contributed by atoms with Crippen molar-refractivity contribution in [2.75, 3.05) is 5.32 Å². The number of rotatable bonds is 4. The van der Waals surface area contributed by atoms with E-state index in [1.54, 1.807) is 25.3 Å². The Labute approximate surface area is 126 Å². The largest absolute Gasteiger partial charge is 0.298 e. The molecular weight excluding hydrogens is 290 g/mol. The van der Waals surface area contributed by atoms with Crippen LogP contribution in [0.2, 0.25) is 0 Å². The first-order chi connectivity index (χ1) is 9.90. The number of thiazole rings is 1. The fraction of sp³-hybridized carbons (Fsp3) is 0.286. The van der Waals surface area contributed by atoms with Gasteiger partial charge in [0.2, 0.25) is 0 Å². The maximum Gasteiger partial charge on any atom is 0.285 e. The molecule has 1 heterocycles. The maximum atomic E-state index is 12.2. The molecule has 0 radical (unpaired) electrons. The number of nitrogens with zero attached hydrogens (tertiary/aromatic N) is 2. The molecule has 21 heavy (non-hydrogen) atoms. The first-order valence-corrected chi connectivity index (χ1v) is 7.23. The fourth-order valence-corrected chi connectivity index (χ4v) is 2.67. The van der Waals surface area contributed by atoms with Gasteiger partial charge in [-0.15, -0.1) is 11.3 Å². The molecule has 0 aliphatic carbocycles. The number of carbonyl (C=O) groups is 1. The molecule has 0 fully saturated rings. The highest BCUT2D eigenvalue weighted by Gasteiger charge is 2.23. The highest BCUT2D eigenvalue weighted by molar-refractivity contribution is 7.15. The van der Waals surface area contributed by atoms with Crippen molar-refractivity contribution >= 4 is 28.1 Å². The van der Waals surface area contributed by atoms with E-state index in [1.165, 1.54) is 17.4 Å². The fourth-order valence-electron chi connectivity index (χ4n) is 1.86. The van der Waals surface area contributed by atoms with Gasteiger partial charge in [-0.2, -0.15) is 0 Å². The number of amides is 1. The van der Waals surface area contributed by atoms with Gasteiger partial charge in [0.25, 0.3) is 11.6 Å². The Morgan fingerprint density at radius 2 is 2.14 bits per heavy atom. The first-order valence-electron chi connectivity index (χ1n) is 6.41. The maximum absolute atomic E-state index is 12.2. The lowest BCUT2D eigenvalue weighted by molar-refractivity contribution is -0.385. The molecule has 0 saturated heterocycles. The second-order valence-corrected chi connectivity index (χ2v) is 5.97. The van der Waals surface area contributed by atoms with Crippen LogP contribution in [0.3, 0.4) is 0 Å². The molecule has 2 aromatic rings. The molecule has 0 unspecified atom stereocenters. The SMILES string of the molecule is Cc1cccc(C(=O)Nc2ncc(C(C)C)s2)c1[N+](=O)[O-]. The first kappa shape index (κ1) is 15.1. The Balaban J connectivity index is 2.28. The molecule has 6 nitrogen and oxygen atoms in total. The molecular formula is C14H15N3O3S. The molecule has 0 atom stereocenters. The standard InChI is InChI=1S/C14H15N3O3S/c1-8(2)11-7-15-14(21-11)16-13(18)10-6-4-5-9(3)12(10)17(19)20/h4-8H,1-3H3,(H,15,16,18). The highest BCUT2D eigenvalue weighted by Crippen LogP contribution is 2.27. The lowest BCUT2D eigenvalue weighted by atomic mass is 10.1. The van der Waals surface area contributed by atoms with Crippen molar-refractivity contribution in [1.29, 1.82) is 0 Å². The van der Waals surface area contributed by atoms with Crippen LogP contribution in [0.1, 0.15) is 40.6 Å². The van der Waals surface area contributed by atoms with E-state index in [0.29, 0.717) is 16.6 Å². The summed E-state index contributed by atoms with van der Waals surface area (Å²) in [7, 11) is 0. The predicted octanol–water partition coefficient (Wildman–Crippen LogP) is 3.74. The molecule has 0 saturated carbocycles. The molecule has 0 aliphatic rings. The van der Waals surface area contributed by atoms with E-state index >= 15 is 0 Å². The number of carbonyl (C=O) groups excluding carboxylic acids is 1. The van der Waals surface area contributed by atoms with Gasteiger partial charge >= 0.3 is 0 Å². The minimum absolute atomic E-state index is 0.0429. The van der Waals surface area contributed by atoms with Crippen LogP contribution in [0.15, 0.2) is 24.4 Å². The number of para-hydroxylation sites is 1. The van der Waals surface area contributed by atoms with Crippen LogP contribution in [0, 0.1) is 17.0 Å². The number of aryl methyl sites for hydroxylation is 1. The van der Waals surface area contributed by atoms with Crippen LogP contribution in [-0.2, 0) is 0 Å². The summed E-state index contributed by atoms with van der Waals surface area (Å²) in [6.45, 7) is 5.67. The van der Waals surface area contributed by atoms with E-state index in [9.17, 15) is 14.9 Å². The van der Waals surface area contributed by atoms with E-state index in [0.717, 1.165) is 4.88 Å². The van der Waals surface area contributed by atoms with Gasteiger partial charge in [0.05, 0.1) is 4.92 Å². The molecule has 0 spiro atoms. The summed E-state index contributed by atoms with van der Waals surface area (Å²) < 4.78 is 0. The quantitative estimate of drug-likeness (QED) is 0.688. The highest BCUT2D eigenvalue weighted by atomic mass is 32.1. The van der Waals surface area contributed by atoms with Crippen molar-refractivity contribution in [2.45, 2.75) is 26.7 Å². The topological polar surface area (TPSA) is 85.1 Å². The average molecular weight is 305 g/mol. The molecule has 1 aromatic carbocycles. The smallest absolute Gasteiger partial charge is 0.285 e. The third kappa shape index (κ3) is 3.25. The van der Waals surface area contributed by atoms with Crippen LogP contribution in [0.4, 0.5) is 10.8 Å². The van der Waals surface area contributed by atoms with E-state index in [2.05, 4.69) is 10.3 Å². The summed E-state index contributed by atoms with van der Waals surface area (Å²) >= 11 is 1.37. The number of benzene rings is 1. The average Bonchev–Trinajstić information content (AvgIpc) is 2.86. The van der Waals surface area contributed by atoms with Gasteiger partial charge < -0.3 is 0 Å². The monoisotopic (exact) mass is 305 g/mol. The number of nitro benzene ring substituents is 1. The predicted molar refractivity (Wildman–Crippen MR) is 82.0 cm³/mol. The summed E-state index contributed by atoms with van der Waals surface area (Å²) in [4.78, 5) is 28.0. The third-order valence-electron chi connectivity index (χ3n) is 2.98. The lowest BCUT2D eigenvalue weighted by Gasteiger charge is -2.05. The molecule has 1 N–H and O–H groups in total.